The number of carbonyl (C=O) groups is 3. The van der Waals surface area contributed by atoms with Crippen LogP contribution in [0.25, 0.3) is 10.4 Å². The summed E-state index contributed by atoms with van der Waals surface area (Å²) in [6, 6.07) is 4.14. The van der Waals surface area contributed by atoms with Crippen LogP contribution in [0.2, 0.25) is 0 Å². The largest absolute Gasteiger partial charge is 0.481 e. The first-order chi connectivity index (χ1) is 26.1. The molecule has 0 fully saturated rings. The maximum absolute atomic E-state index is 12.8. The van der Waals surface area contributed by atoms with Gasteiger partial charge in [-0.1, -0.05) is 30.4 Å². The topological polar surface area (TPSA) is 199 Å². The third-order valence-corrected chi connectivity index (χ3v) is 8.84. The number of fused-ring (bicyclic) bond motifs is 1. The Morgan fingerprint density at radius 3 is 2.30 bits per heavy atom. The number of nitrogens with zero attached hydrogens (tertiary/aromatic N) is 7. The van der Waals surface area contributed by atoms with Gasteiger partial charge in [0.2, 0.25) is 0 Å². The van der Waals surface area contributed by atoms with Gasteiger partial charge in [-0.05, 0) is 94.4 Å². The lowest BCUT2D eigenvalue weighted by Crippen LogP contribution is -2.40. The fourth-order valence-corrected chi connectivity index (χ4v) is 6.07. The zero-order valence-electron chi connectivity index (χ0n) is 32.4. The summed E-state index contributed by atoms with van der Waals surface area (Å²) in [4.78, 5) is 54.8. The van der Waals surface area contributed by atoms with Crippen molar-refractivity contribution in [2.45, 2.75) is 122 Å². The molecule has 15 nitrogen and oxygen atoms in total. The second-order valence-electron chi connectivity index (χ2n) is 14.5. The van der Waals surface area contributed by atoms with Gasteiger partial charge < -0.3 is 24.1 Å². The molecule has 0 unspecified atom stereocenters. The van der Waals surface area contributed by atoms with Crippen LogP contribution < -0.4 is 4.90 Å². The number of carboxylic acid groups (broad SMARTS) is 1. The Hall–Kier alpha value is -4.17. The van der Waals surface area contributed by atoms with Crippen LogP contribution >= 0.6 is 0 Å². The Kier molecular flexibility index (Phi) is 20.5. The molecule has 2 aromatic heterocycles. The first-order valence-electron chi connectivity index (χ1n) is 19.3. The summed E-state index contributed by atoms with van der Waals surface area (Å²) in [5, 5.41) is 12.9. The van der Waals surface area contributed by atoms with E-state index in [9.17, 15) is 19.5 Å². The summed E-state index contributed by atoms with van der Waals surface area (Å²) < 4.78 is 21.7. The molecule has 1 atom stereocenters. The highest BCUT2D eigenvalue weighted by Gasteiger charge is 2.28. The molecule has 3 heterocycles. The molecule has 0 radical (unpaired) electrons. The number of carbonyl (C=O) groups excluding carboxylic acids is 2. The number of amides is 1. The minimum Gasteiger partial charge on any atom is -0.481 e. The van der Waals surface area contributed by atoms with Crippen molar-refractivity contribution in [3.8, 4) is 0 Å². The highest BCUT2D eigenvalue weighted by molar-refractivity contribution is 5.88. The summed E-state index contributed by atoms with van der Waals surface area (Å²) in [6.07, 6.45) is 13.3. The molecule has 298 valence electrons. The highest BCUT2D eigenvalue weighted by atomic mass is 16.6. The number of pyridine rings is 1. The van der Waals surface area contributed by atoms with Gasteiger partial charge in [0.15, 0.2) is 0 Å². The molecular weight excluding hydrogens is 694 g/mol. The quantitative estimate of drug-likeness (QED) is 0.0414. The monoisotopic (exact) mass is 753 g/mol. The number of aliphatic carboxylic acids is 1. The fraction of sp³-hybridized carbons (Fsp3) is 0.692. The van der Waals surface area contributed by atoms with Gasteiger partial charge >= 0.3 is 12.1 Å². The lowest BCUT2D eigenvalue weighted by atomic mass is 9.92. The average molecular weight is 754 g/mol. The molecule has 1 N–H and O–H groups in total. The second-order valence-corrected chi connectivity index (χ2v) is 14.5. The van der Waals surface area contributed by atoms with Crippen molar-refractivity contribution in [3.05, 3.63) is 57.6 Å². The Morgan fingerprint density at radius 1 is 0.907 bits per heavy atom. The fourth-order valence-electron chi connectivity index (χ4n) is 6.07. The van der Waals surface area contributed by atoms with E-state index < -0.39 is 11.6 Å². The van der Waals surface area contributed by atoms with E-state index in [2.05, 4.69) is 32.1 Å². The van der Waals surface area contributed by atoms with E-state index >= 15 is 0 Å². The predicted molar refractivity (Wildman–Crippen MR) is 204 cm³/mol. The van der Waals surface area contributed by atoms with Crippen LogP contribution in [0.4, 0.5) is 10.6 Å². The van der Waals surface area contributed by atoms with Crippen LogP contribution in [-0.2, 0) is 47.8 Å². The van der Waals surface area contributed by atoms with E-state index in [1.165, 1.54) is 0 Å². The van der Waals surface area contributed by atoms with Gasteiger partial charge in [-0.25, -0.2) is 19.7 Å². The smallest absolute Gasteiger partial charge is 0.416 e. The molecule has 0 aliphatic carbocycles. The number of aromatic nitrogens is 3. The normalized spacial score (nSPS) is 13.2. The van der Waals surface area contributed by atoms with E-state index in [1.54, 1.807) is 17.3 Å². The molecule has 54 heavy (non-hydrogen) atoms. The Morgan fingerprint density at radius 2 is 1.59 bits per heavy atom. The number of hydrogen-bond acceptors (Lipinski definition) is 11. The number of unbranched alkanes of at least 4 members (excludes halogenated alkanes) is 4. The number of hydrogen-bond donors (Lipinski definition) is 1. The number of Topliss-reactive ketones (excluding diaryl/α,β-unsaturated/α-hetero) is 1. The van der Waals surface area contributed by atoms with E-state index in [4.69, 9.17) is 29.5 Å². The number of carboxylic acids is 1. The summed E-state index contributed by atoms with van der Waals surface area (Å²) in [5.41, 5.74) is 10.5. The van der Waals surface area contributed by atoms with E-state index in [0.29, 0.717) is 83.6 Å². The van der Waals surface area contributed by atoms with Gasteiger partial charge in [-0.2, -0.15) is 0 Å². The number of rotatable bonds is 27. The molecular formula is C39H59N7O8. The van der Waals surface area contributed by atoms with Crippen LogP contribution in [0.1, 0.15) is 120 Å². The average Bonchev–Trinajstić information content (AvgIpc) is 3.13. The lowest BCUT2D eigenvalue weighted by molar-refractivity contribution is -0.137. The van der Waals surface area contributed by atoms with Gasteiger partial charge in [0.1, 0.15) is 23.0 Å². The van der Waals surface area contributed by atoms with Crippen LogP contribution in [0.15, 0.2) is 29.6 Å². The van der Waals surface area contributed by atoms with Crippen molar-refractivity contribution >= 4 is 23.7 Å². The van der Waals surface area contributed by atoms with Crippen molar-refractivity contribution in [3.63, 3.8) is 0 Å². The summed E-state index contributed by atoms with van der Waals surface area (Å²) in [6.45, 7) is 8.87. The maximum Gasteiger partial charge on any atom is 0.416 e. The minimum absolute atomic E-state index is 0.0327. The molecule has 0 spiro atoms. The van der Waals surface area contributed by atoms with Crippen molar-refractivity contribution < 1.29 is 38.4 Å². The van der Waals surface area contributed by atoms with Crippen molar-refractivity contribution in [2.75, 3.05) is 57.6 Å². The molecule has 1 aliphatic rings. The molecule has 2 aromatic rings. The third-order valence-electron chi connectivity index (χ3n) is 8.84. The predicted octanol–water partition coefficient (Wildman–Crippen LogP) is 7.34. The molecule has 15 heteroatoms. The molecule has 0 saturated carbocycles. The van der Waals surface area contributed by atoms with Crippen molar-refractivity contribution in [2.24, 2.45) is 5.11 Å². The summed E-state index contributed by atoms with van der Waals surface area (Å²) >= 11 is 0. The number of aryl methyl sites for hydroxylation is 3. The SMILES string of the molecule is CC(C)(C)OC(=O)N1CCCc2ccc(CCCCCC[C@@H](CC(=O)O)c3cnc(CCCCC(=O)CCOCCOCCOCCN=[N+]=[N-])nc3)nc21. The van der Waals surface area contributed by atoms with E-state index in [-0.39, 0.29) is 24.2 Å². The third kappa shape index (κ3) is 18.2. The molecule has 1 amide bonds. The lowest BCUT2D eigenvalue weighted by Gasteiger charge is -2.31. The van der Waals surface area contributed by atoms with E-state index in [1.807, 2.05) is 20.8 Å². The first-order valence-corrected chi connectivity index (χ1v) is 19.3. The van der Waals surface area contributed by atoms with Gasteiger partial charge in [-0.3, -0.25) is 14.5 Å². The number of anilines is 1. The number of ketones is 1. The van der Waals surface area contributed by atoms with Crippen LogP contribution in [0, 0.1) is 0 Å². The van der Waals surface area contributed by atoms with Crippen LogP contribution in [0.3, 0.4) is 0 Å². The van der Waals surface area contributed by atoms with Crippen molar-refractivity contribution in [1.82, 2.24) is 15.0 Å². The minimum atomic E-state index is -0.840. The van der Waals surface area contributed by atoms with Gasteiger partial charge in [0.05, 0.1) is 46.1 Å². The molecule has 0 aromatic carbocycles. The maximum atomic E-state index is 12.8. The standard InChI is InChI=1S/C39H59N7O8/c1-39(2,3)54-38(50)46-20-10-12-30-16-17-33(44-37(30)46)13-7-5-4-6-11-31(27-36(48)49)32-28-41-35(42-29-32)15-9-8-14-34(47)18-21-51-23-25-53-26-24-52-22-19-43-45-40/h16-17,28-29,31H,4-15,18-27H2,1-3H3,(H,48,49)/t31-/m0/s1. The number of azide groups is 1. The Balaban J connectivity index is 1.29. The van der Waals surface area contributed by atoms with Crippen LogP contribution in [0.5, 0.6) is 0 Å². The highest BCUT2D eigenvalue weighted by Crippen LogP contribution is 2.28. The van der Waals surface area contributed by atoms with E-state index in [0.717, 1.165) is 81.0 Å². The first kappa shape index (κ1) is 44.2. The zero-order valence-corrected chi connectivity index (χ0v) is 32.4. The molecule has 1 aliphatic heterocycles. The summed E-state index contributed by atoms with van der Waals surface area (Å²) in [5.74, 6) is 0.562. The van der Waals surface area contributed by atoms with Crippen molar-refractivity contribution in [1.29, 1.82) is 0 Å². The molecule has 0 bridgehead atoms. The zero-order chi connectivity index (χ0) is 39.0. The number of ether oxygens (including phenoxy) is 4. The van der Waals surface area contributed by atoms with Gasteiger partial charge in [-0.15, -0.1) is 0 Å². The van der Waals surface area contributed by atoms with Crippen LogP contribution in [-0.4, -0.2) is 96.2 Å². The molecule has 0 saturated heterocycles. The Bertz CT molecular complexity index is 1480. The second kappa shape index (κ2) is 25.0. The van der Waals surface area contributed by atoms with Gasteiger partial charge in [0.25, 0.3) is 0 Å². The molecule has 3 rings (SSSR count). The Labute approximate surface area is 319 Å². The summed E-state index contributed by atoms with van der Waals surface area (Å²) in [7, 11) is 0. The van der Waals surface area contributed by atoms with Gasteiger partial charge in [0, 0.05) is 55.4 Å².